The van der Waals surface area contributed by atoms with Crippen LogP contribution < -0.4 is 4.90 Å². The summed E-state index contributed by atoms with van der Waals surface area (Å²) >= 11 is 1.41. The van der Waals surface area contributed by atoms with Gasteiger partial charge in [-0.25, -0.2) is 15.0 Å². The quantitative estimate of drug-likeness (QED) is 0.710. The van der Waals surface area contributed by atoms with Gasteiger partial charge in [-0.15, -0.1) is 11.3 Å². The van der Waals surface area contributed by atoms with E-state index in [1.54, 1.807) is 5.51 Å². The van der Waals surface area contributed by atoms with Gasteiger partial charge >= 0.3 is 0 Å². The summed E-state index contributed by atoms with van der Waals surface area (Å²) in [5.41, 5.74) is 2.54. The first-order valence-corrected chi connectivity index (χ1v) is 9.43. The zero-order valence-electron chi connectivity index (χ0n) is 14.8. The number of hydrogen-bond donors (Lipinski definition) is 0. The molecule has 134 valence electrons. The summed E-state index contributed by atoms with van der Waals surface area (Å²) in [5, 5.41) is 0. The molecule has 0 radical (unpaired) electrons. The molecule has 0 unspecified atom stereocenters. The van der Waals surface area contributed by atoms with Gasteiger partial charge in [0.25, 0.3) is 5.91 Å². The maximum Gasteiger partial charge on any atom is 0.265 e. The van der Waals surface area contributed by atoms with Crippen LogP contribution in [0.1, 0.15) is 21.2 Å². The summed E-state index contributed by atoms with van der Waals surface area (Å²) in [4.78, 5) is 30.8. The molecule has 1 fully saturated rings. The van der Waals surface area contributed by atoms with Crippen LogP contribution in [-0.4, -0.2) is 56.5 Å². The van der Waals surface area contributed by atoms with E-state index in [0.717, 1.165) is 41.1 Å². The van der Waals surface area contributed by atoms with Crippen LogP contribution in [-0.2, 0) is 0 Å². The molecule has 1 aliphatic rings. The summed E-state index contributed by atoms with van der Waals surface area (Å²) in [6.45, 7) is 6.65. The first kappa shape index (κ1) is 16.7. The summed E-state index contributed by atoms with van der Waals surface area (Å²) in [5.74, 6) is 2.58. The molecule has 4 heterocycles. The van der Waals surface area contributed by atoms with E-state index in [-0.39, 0.29) is 5.91 Å². The van der Waals surface area contributed by atoms with Gasteiger partial charge in [0, 0.05) is 44.6 Å². The first-order valence-electron chi connectivity index (χ1n) is 8.55. The van der Waals surface area contributed by atoms with Crippen molar-refractivity contribution in [3.05, 3.63) is 52.5 Å². The van der Waals surface area contributed by atoms with Crippen molar-refractivity contribution in [3.8, 4) is 5.82 Å². The molecular formula is C18H20N6OS. The number of aromatic nitrogens is 4. The number of thiazole rings is 1. The zero-order chi connectivity index (χ0) is 18.1. The topological polar surface area (TPSA) is 67.2 Å². The zero-order valence-corrected chi connectivity index (χ0v) is 15.6. The van der Waals surface area contributed by atoms with Crippen LogP contribution >= 0.6 is 11.3 Å². The van der Waals surface area contributed by atoms with E-state index in [1.807, 2.05) is 53.9 Å². The largest absolute Gasteiger partial charge is 0.353 e. The van der Waals surface area contributed by atoms with E-state index in [0.29, 0.717) is 13.1 Å². The standard InChI is InChI=1S/C18H20N6OS/c1-13-17(26-12-19-13)18(25)24-9-7-23(8-10-24)16-11-15(20-14(2)21-16)22-5-3-4-6-22/h3-6,11-12H,7-10H2,1-2H3. The number of rotatable bonds is 3. The average molecular weight is 368 g/mol. The van der Waals surface area contributed by atoms with Crippen molar-refractivity contribution >= 4 is 23.1 Å². The van der Waals surface area contributed by atoms with Gasteiger partial charge in [0.05, 0.1) is 11.2 Å². The molecule has 0 aromatic carbocycles. The molecular weight excluding hydrogens is 348 g/mol. The Labute approximate surface area is 155 Å². The molecule has 0 bridgehead atoms. The predicted molar refractivity (Wildman–Crippen MR) is 101 cm³/mol. The number of amides is 1. The third kappa shape index (κ3) is 3.20. The van der Waals surface area contributed by atoms with Crippen molar-refractivity contribution < 1.29 is 4.79 Å². The van der Waals surface area contributed by atoms with Gasteiger partial charge in [0.1, 0.15) is 22.3 Å². The summed E-state index contributed by atoms with van der Waals surface area (Å²) in [7, 11) is 0. The predicted octanol–water partition coefficient (Wildman–Crippen LogP) is 2.30. The summed E-state index contributed by atoms with van der Waals surface area (Å²) in [6.07, 6.45) is 3.94. The van der Waals surface area contributed by atoms with Crippen LogP contribution in [0.5, 0.6) is 0 Å². The van der Waals surface area contributed by atoms with E-state index in [9.17, 15) is 4.79 Å². The number of carbonyl (C=O) groups excluding carboxylic acids is 1. The third-order valence-electron chi connectivity index (χ3n) is 4.51. The Morgan fingerprint density at radius 1 is 1.04 bits per heavy atom. The lowest BCUT2D eigenvalue weighted by Gasteiger charge is -2.35. The van der Waals surface area contributed by atoms with E-state index in [1.165, 1.54) is 11.3 Å². The Morgan fingerprint density at radius 3 is 2.38 bits per heavy atom. The fourth-order valence-electron chi connectivity index (χ4n) is 3.11. The minimum atomic E-state index is 0.0801. The van der Waals surface area contributed by atoms with Gasteiger partial charge in [0.2, 0.25) is 0 Å². The minimum Gasteiger partial charge on any atom is -0.353 e. The molecule has 3 aromatic heterocycles. The number of carbonyl (C=O) groups is 1. The number of hydrogen-bond acceptors (Lipinski definition) is 6. The van der Waals surface area contributed by atoms with Crippen molar-refractivity contribution in [2.45, 2.75) is 13.8 Å². The highest BCUT2D eigenvalue weighted by molar-refractivity contribution is 7.11. The fraction of sp³-hybridized carbons (Fsp3) is 0.333. The summed E-state index contributed by atoms with van der Waals surface area (Å²) in [6, 6.07) is 5.95. The lowest BCUT2D eigenvalue weighted by Crippen LogP contribution is -2.49. The van der Waals surface area contributed by atoms with Crippen LogP contribution in [0.15, 0.2) is 36.1 Å². The van der Waals surface area contributed by atoms with E-state index in [4.69, 9.17) is 0 Å². The van der Waals surface area contributed by atoms with Gasteiger partial charge in [0.15, 0.2) is 0 Å². The monoisotopic (exact) mass is 368 g/mol. The number of nitrogens with zero attached hydrogens (tertiary/aromatic N) is 6. The highest BCUT2D eigenvalue weighted by Crippen LogP contribution is 2.20. The molecule has 8 heteroatoms. The molecule has 7 nitrogen and oxygen atoms in total. The van der Waals surface area contributed by atoms with Crippen molar-refractivity contribution in [3.63, 3.8) is 0 Å². The fourth-order valence-corrected chi connectivity index (χ4v) is 3.88. The van der Waals surface area contributed by atoms with Gasteiger partial charge in [-0.1, -0.05) is 0 Å². The Morgan fingerprint density at radius 2 is 1.73 bits per heavy atom. The van der Waals surface area contributed by atoms with Gasteiger partial charge in [-0.05, 0) is 26.0 Å². The normalized spacial score (nSPS) is 14.7. The van der Waals surface area contributed by atoms with E-state index in [2.05, 4.69) is 19.9 Å². The molecule has 0 aliphatic carbocycles. The molecule has 1 amide bonds. The Kier molecular flexibility index (Phi) is 4.42. The minimum absolute atomic E-state index is 0.0801. The molecule has 0 N–H and O–H groups in total. The van der Waals surface area contributed by atoms with Crippen LogP contribution in [0.25, 0.3) is 5.82 Å². The molecule has 1 saturated heterocycles. The molecule has 0 saturated carbocycles. The Bertz CT molecular complexity index is 912. The van der Waals surface area contributed by atoms with Gasteiger partial charge in [-0.3, -0.25) is 4.79 Å². The third-order valence-corrected chi connectivity index (χ3v) is 5.43. The van der Waals surface area contributed by atoms with Crippen molar-refractivity contribution in [1.82, 2.24) is 24.4 Å². The van der Waals surface area contributed by atoms with Crippen molar-refractivity contribution in [2.75, 3.05) is 31.1 Å². The second-order valence-electron chi connectivity index (χ2n) is 6.27. The molecule has 26 heavy (non-hydrogen) atoms. The molecule has 3 aromatic rings. The first-order chi connectivity index (χ1) is 12.6. The Balaban J connectivity index is 1.48. The smallest absolute Gasteiger partial charge is 0.265 e. The maximum atomic E-state index is 12.6. The lowest BCUT2D eigenvalue weighted by molar-refractivity contribution is 0.0750. The Hall–Kier alpha value is -2.74. The van der Waals surface area contributed by atoms with Crippen molar-refractivity contribution in [1.29, 1.82) is 0 Å². The molecule has 0 atom stereocenters. The number of piperazine rings is 1. The van der Waals surface area contributed by atoms with Crippen LogP contribution in [0.4, 0.5) is 5.82 Å². The van der Waals surface area contributed by atoms with Crippen LogP contribution in [0.2, 0.25) is 0 Å². The second kappa shape index (κ2) is 6.87. The van der Waals surface area contributed by atoms with Crippen molar-refractivity contribution in [2.24, 2.45) is 0 Å². The van der Waals surface area contributed by atoms with E-state index >= 15 is 0 Å². The molecule has 4 rings (SSSR count). The SMILES string of the molecule is Cc1nc(N2CCN(C(=O)c3scnc3C)CC2)cc(-n2cccc2)n1. The molecule has 0 spiro atoms. The average Bonchev–Trinajstić information content (AvgIpc) is 3.32. The maximum absolute atomic E-state index is 12.6. The molecule has 1 aliphatic heterocycles. The lowest BCUT2D eigenvalue weighted by atomic mass is 10.2. The van der Waals surface area contributed by atoms with Gasteiger partial charge < -0.3 is 14.4 Å². The second-order valence-corrected chi connectivity index (χ2v) is 7.12. The van der Waals surface area contributed by atoms with Crippen LogP contribution in [0, 0.1) is 13.8 Å². The number of aryl methyl sites for hydroxylation is 2. The number of anilines is 1. The van der Waals surface area contributed by atoms with Gasteiger partial charge in [-0.2, -0.15) is 0 Å². The summed E-state index contributed by atoms with van der Waals surface area (Å²) < 4.78 is 1.98. The van der Waals surface area contributed by atoms with E-state index < -0.39 is 0 Å². The van der Waals surface area contributed by atoms with Crippen LogP contribution in [0.3, 0.4) is 0 Å². The highest BCUT2D eigenvalue weighted by Gasteiger charge is 2.25. The highest BCUT2D eigenvalue weighted by atomic mass is 32.1.